The normalized spacial score (nSPS) is 16.7. The van der Waals surface area contributed by atoms with Crippen LogP contribution in [0.2, 0.25) is 0 Å². The Hall–Kier alpha value is -3.47. The molecule has 28 heavy (non-hydrogen) atoms. The highest BCUT2D eigenvalue weighted by atomic mass is 19.1. The van der Waals surface area contributed by atoms with Crippen LogP contribution in [0.25, 0.3) is 5.57 Å². The van der Waals surface area contributed by atoms with Crippen molar-refractivity contribution >= 4 is 11.5 Å². The topological polar surface area (TPSA) is 53.4 Å². The highest BCUT2D eigenvalue weighted by Gasteiger charge is 2.42. The van der Waals surface area contributed by atoms with Gasteiger partial charge >= 0.3 is 0 Å². The number of aliphatic hydroxyl groups excluding tert-OH is 1. The minimum atomic E-state index is -0.718. The average Bonchev–Trinajstić information content (AvgIpc) is 2.95. The molecule has 0 fully saturated rings. The zero-order valence-corrected chi connectivity index (χ0v) is 15.3. The maximum Gasteiger partial charge on any atom is 0.290 e. The molecule has 1 aliphatic rings. The Morgan fingerprint density at radius 1 is 1.04 bits per heavy atom. The van der Waals surface area contributed by atoms with Crippen molar-refractivity contribution in [2.45, 2.75) is 19.5 Å². The molecule has 2 aromatic carbocycles. The van der Waals surface area contributed by atoms with Gasteiger partial charge in [0, 0.05) is 30.1 Å². The third kappa shape index (κ3) is 3.16. The van der Waals surface area contributed by atoms with Gasteiger partial charge in [0.1, 0.15) is 5.82 Å². The lowest BCUT2D eigenvalue weighted by Crippen LogP contribution is -2.30. The summed E-state index contributed by atoms with van der Waals surface area (Å²) in [5.74, 6) is -1.27. The Morgan fingerprint density at radius 3 is 2.39 bits per heavy atom. The first kappa shape index (κ1) is 17.9. The van der Waals surface area contributed by atoms with Crippen LogP contribution in [-0.4, -0.2) is 20.9 Å². The lowest BCUT2D eigenvalue weighted by atomic mass is 9.92. The van der Waals surface area contributed by atoms with Crippen LogP contribution < -0.4 is 0 Å². The average molecular weight is 374 g/mol. The summed E-state index contributed by atoms with van der Waals surface area (Å²) in [4.78, 5) is 18.4. The molecule has 0 spiro atoms. The molecule has 140 valence electrons. The standard InChI is InChI=1S/C23H19FN2O2/c1-15-6-8-17(9-7-15)20-21(18-4-2-3-5-19(18)24)26(23(28)22(20)27)14-16-10-12-25-13-11-16/h2-13,21,27H,14H2,1H3/t21-/m1/s1. The van der Waals surface area contributed by atoms with Crippen LogP contribution in [0.4, 0.5) is 4.39 Å². The molecule has 5 heteroatoms. The fraction of sp³-hybridized carbons (Fsp3) is 0.130. The zero-order valence-electron chi connectivity index (χ0n) is 15.3. The van der Waals surface area contributed by atoms with Crippen LogP contribution in [0, 0.1) is 12.7 Å². The van der Waals surface area contributed by atoms with Crippen molar-refractivity contribution in [3.05, 3.63) is 107 Å². The first-order valence-corrected chi connectivity index (χ1v) is 9.00. The minimum absolute atomic E-state index is 0.236. The molecule has 0 bridgehead atoms. The van der Waals surface area contributed by atoms with E-state index in [0.717, 1.165) is 11.1 Å². The number of nitrogens with zero attached hydrogens (tertiary/aromatic N) is 2. The fourth-order valence-corrected chi connectivity index (χ4v) is 3.55. The molecule has 2 heterocycles. The van der Waals surface area contributed by atoms with E-state index >= 15 is 0 Å². The zero-order chi connectivity index (χ0) is 19.7. The number of amides is 1. The number of aliphatic hydroxyl groups is 1. The van der Waals surface area contributed by atoms with Gasteiger partial charge in [-0.15, -0.1) is 0 Å². The molecule has 1 amide bonds. The summed E-state index contributed by atoms with van der Waals surface area (Å²) in [6.45, 7) is 2.20. The van der Waals surface area contributed by atoms with Crippen molar-refractivity contribution in [1.82, 2.24) is 9.88 Å². The van der Waals surface area contributed by atoms with Gasteiger partial charge in [0.2, 0.25) is 0 Å². The van der Waals surface area contributed by atoms with Crippen molar-refractivity contribution < 1.29 is 14.3 Å². The molecule has 0 saturated carbocycles. The van der Waals surface area contributed by atoms with E-state index in [2.05, 4.69) is 4.98 Å². The second-order valence-electron chi connectivity index (χ2n) is 6.84. The highest BCUT2D eigenvalue weighted by Crippen LogP contribution is 2.44. The molecule has 0 saturated heterocycles. The largest absolute Gasteiger partial charge is 0.503 e. The van der Waals surface area contributed by atoms with Crippen LogP contribution in [0.15, 0.2) is 78.8 Å². The molecule has 1 aromatic heterocycles. The molecule has 3 aromatic rings. The quantitative estimate of drug-likeness (QED) is 0.727. The number of benzene rings is 2. The Balaban J connectivity index is 1.84. The van der Waals surface area contributed by atoms with Gasteiger partial charge in [-0.1, -0.05) is 48.0 Å². The molecule has 0 radical (unpaired) electrons. The molecule has 4 nitrogen and oxygen atoms in total. The van der Waals surface area contributed by atoms with Gasteiger partial charge < -0.3 is 10.0 Å². The minimum Gasteiger partial charge on any atom is -0.503 e. The van der Waals surface area contributed by atoms with Crippen LogP contribution in [0.3, 0.4) is 0 Å². The van der Waals surface area contributed by atoms with E-state index in [0.29, 0.717) is 16.7 Å². The van der Waals surface area contributed by atoms with Crippen molar-refractivity contribution in [2.24, 2.45) is 0 Å². The van der Waals surface area contributed by atoms with Gasteiger partial charge in [0.15, 0.2) is 5.76 Å². The number of halogens is 1. The smallest absolute Gasteiger partial charge is 0.290 e. The van der Waals surface area contributed by atoms with Crippen LogP contribution in [0.5, 0.6) is 0 Å². The summed E-state index contributed by atoms with van der Waals surface area (Å²) in [5.41, 5.74) is 3.38. The van der Waals surface area contributed by atoms with E-state index in [-0.39, 0.29) is 12.3 Å². The first-order chi connectivity index (χ1) is 13.6. The van der Waals surface area contributed by atoms with Gasteiger partial charge in [0.25, 0.3) is 5.91 Å². The lowest BCUT2D eigenvalue weighted by molar-refractivity contribution is -0.130. The summed E-state index contributed by atoms with van der Waals surface area (Å²) < 4.78 is 14.7. The molecular weight excluding hydrogens is 355 g/mol. The molecule has 0 unspecified atom stereocenters. The number of aryl methyl sites for hydroxylation is 1. The van der Waals surface area contributed by atoms with E-state index in [4.69, 9.17) is 0 Å². The highest BCUT2D eigenvalue weighted by molar-refractivity contribution is 6.05. The monoisotopic (exact) mass is 374 g/mol. The Labute approximate surface area is 162 Å². The molecule has 1 aliphatic heterocycles. The number of aromatic nitrogens is 1. The van der Waals surface area contributed by atoms with Crippen molar-refractivity contribution in [2.75, 3.05) is 0 Å². The summed E-state index contributed by atoms with van der Waals surface area (Å²) in [6, 6.07) is 16.7. The van der Waals surface area contributed by atoms with E-state index < -0.39 is 17.8 Å². The Kier molecular flexibility index (Phi) is 4.65. The third-order valence-electron chi connectivity index (χ3n) is 4.97. The number of rotatable bonds is 4. The van der Waals surface area contributed by atoms with Crippen molar-refractivity contribution in [1.29, 1.82) is 0 Å². The SMILES string of the molecule is Cc1ccc(C2=C(O)C(=O)N(Cc3ccncc3)[C@@H]2c2ccccc2F)cc1. The van der Waals surface area contributed by atoms with E-state index in [1.54, 1.807) is 42.7 Å². The third-order valence-corrected chi connectivity index (χ3v) is 4.97. The number of carbonyl (C=O) groups is 1. The molecular formula is C23H19FN2O2. The van der Waals surface area contributed by atoms with Gasteiger partial charge in [-0.2, -0.15) is 0 Å². The Morgan fingerprint density at radius 2 is 1.71 bits per heavy atom. The molecule has 0 aliphatic carbocycles. The number of hydrogen-bond acceptors (Lipinski definition) is 3. The van der Waals surface area contributed by atoms with Crippen LogP contribution in [-0.2, 0) is 11.3 Å². The summed E-state index contributed by atoms with van der Waals surface area (Å²) >= 11 is 0. The molecule has 1 atom stereocenters. The Bertz CT molecular complexity index is 1050. The maximum atomic E-state index is 14.7. The van der Waals surface area contributed by atoms with Crippen LogP contribution >= 0.6 is 0 Å². The summed E-state index contributed by atoms with van der Waals surface area (Å²) in [5, 5.41) is 10.7. The number of hydrogen-bond donors (Lipinski definition) is 1. The fourth-order valence-electron chi connectivity index (χ4n) is 3.55. The van der Waals surface area contributed by atoms with E-state index in [9.17, 15) is 14.3 Å². The second-order valence-corrected chi connectivity index (χ2v) is 6.84. The van der Waals surface area contributed by atoms with Gasteiger partial charge in [-0.05, 0) is 36.2 Å². The predicted octanol–water partition coefficient (Wildman–Crippen LogP) is 4.58. The molecule has 1 N–H and O–H groups in total. The van der Waals surface area contributed by atoms with Crippen LogP contribution in [0.1, 0.15) is 28.3 Å². The van der Waals surface area contributed by atoms with Crippen molar-refractivity contribution in [3.63, 3.8) is 0 Å². The maximum absolute atomic E-state index is 14.7. The predicted molar refractivity (Wildman–Crippen MR) is 105 cm³/mol. The summed E-state index contributed by atoms with van der Waals surface area (Å²) in [7, 11) is 0. The molecule has 4 rings (SSSR count). The van der Waals surface area contributed by atoms with E-state index in [1.165, 1.54) is 11.0 Å². The second kappa shape index (κ2) is 7.27. The number of pyridine rings is 1. The lowest BCUT2D eigenvalue weighted by Gasteiger charge is -2.27. The first-order valence-electron chi connectivity index (χ1n) is 9.00. The van der Waals surface area contributed by atoms with Crippen molar-refractivity contribution in [3.8, 4) is 0 Å². The van der Waals surface area contributed by atoms with Gasteiger partial charge in [-0.3, -0.25) is 9.78 Å². The summed E-state index contributed by atoms with van der Waals surface area (Å²) in [6.07, 6.45) is 3.28. The van der Waals surface area contributed by atoms with E-state index in [1.807, 2.05) is 31.2 Å². The number of carbonyl (C=O) groups excluding carboxylic acids is 1. The van der Waals surface area contributed by atoms with Gasteiger partial charge in [0.05, 0.1) is 6.04 Å². The van der Waals surface area contributed by atoms with Gasteiger partial charge in [-0.25, -0.2) is 4.39 Å².